The molecule has 0 aromatic carbocycles. The summed E-state index contributed by atoms with van der Waals surface area (Å²) in [6.07, 6.45) is 8.80. The highest BCUT2D eigenvalue weighted by molar-refractivity contribution is 5.93. The minimum Gasteiger partial charge on any atom is -0.448 e. The number of hydrogen-bond acceptors (Lipinski definition) is 3. The third-order valence-corrected chi connectivity index (χ3v) is 3.12. The van der Waals surface area contributed by atoms with Crippen molar-refractivity contribution < 1.29 is 9.21 Å². The van der Waals surface area contributed by atoms with Crippen LogP contribution in [0.3, 0.4) is 0 Å². The SMILES string of the molecule is CCCCC1C=CCN1C(=O)c1ncoc1C. The largest absolute Gasteiger partial charge is 0.448 e. The number of unbranched alkanes of at least 4 members (excludes halogenated alkanes) is 1. The molecule has 2 rings (SSSR count). The van der Waals surface area contributed by atoms with Gasteiger partial charge in [-0.2, -0.15) is 0 Å². The van der Waals surface area contributed by atoms with Crippen molar-refractivity contribution in [2.24, 2.45) is 0 Å². The first-order valence-corrected chi connectivity index (χ1v) is 6.11. The summed E-state index contributed by atoms with van der Waals surface area (Å²) in [5.41, 5.74) is 0.440. The molecule has 0 radical (unpaired) electrons. The molecule has 0 N–H and O–H groups in total. The summed E-state index contributed by atoms with van der Waals surface area (Å²) in [5, 5.41) is 0. The van der Waals surface area contributed by atoms with Crippen molar-refractivity contribution in [1.29, 1.82) is 0 Å². The monoisotopic (exact) mass is 234 g/mol. The number of aromatic nitrogens is 1. The number of aryl methyl sites for hydroxylation is 1. The minimum absolute atomic E-state index is 0.0256. The Morgan fingerprint density at radius 2 is 2.47 bits per heavy atom. The Morgan fingerprint density at radius 1 is 1.65 bits per heavy atom. The summed E-state index contributed by atoms with van der Waals surface area (Å²) in [7, 11) is 0. The zero-order chi connectivity index (χ0) is 12.3. The highest BCUT2D eigenvalue weighted by Crippen LogP contribution is 2.19. The van der Waals surface area contributed by atoms with E-state index in [4.69, 9.17) is 4.42 Å². The molecule has 1 atom stereocenters. The molecule has 4 nitrogen and oxygen atoms in total. The molecule has 1 unspecified atom stereocenters. The summed E-state index contributed by atoms with van der Waals surface area (Å²) in [5.74, 6) is 0.568. The summed E-state index contributed by atoms with van der Waals surface area (Å²) < 4.78 is 5.08. The van der Waals surface area contributed by atoms with Crippen LogP contribution in [0.15, 0.2) is 23.0 Å². The molecule has 17 heavy (non-hydrogen) atoms. The highest BCUT2D eigenvalue weighted by Gasteiger charge is 2.27. The molecule has 2 heterocycles. The van der Waals surface area contributed by atoms with E-state index in [9.17, 15) is 4.79 Å². The first kappa shape index (κ1) is 11.9. The molecular formula is C13H18N2O2. The van der Waals surface area contributed by atoms with E-state index >= 15 is 0 Å². The molecule has 0 aliphatic carbocycles. The van der Waals surface area contributed by atoms with Crippen LogP contribution in [0.5, 0.6) is 0 Å². The molecule has 0 spiro atoms. The minimum atomic E-state index is -0.0256. The standard InChI is InChI=1S/C13H18N2O2/c1-3-4-6-11-7-5-8-15(11)13(16)12-10(2)17-9-14-12/h5,7,9,11H,3-4,6,8H2,1-2H3. The van der Waals surface area contributed by atoms with Crippen LogP contribution in [0.4, 0.5) is 0 Å². The molecule has 1 aliphatic heterocycles. The summed E-state index contributed by atoms with van der Waals surface area (Å²) in [6, 6.07) is 0.221. The van der Waals surface area contributed by atoms with Crippen LogP contribution in [0, 0.1) is 6.92 Å². The molecule has 0 saturated heterocycles. The molecule has 1 aromatic heterocycles. The van der Waals surface area contributed by atoms with Crippen LogP contribution in [0.25, 0.3) is 0 Å². The van der Waals surface area contributed by atoms with Crippen molar-refractivity contribution in [2.45, 2.75) is 39.2 Å². The van der Waals surface area contributed by atoms with E-state index < -0.39 is 0 Å². The molecule has 92 valence electrons. The molecule has 1 amide bonds. The van der Waals surface area contributed by atoms with E-state index in [0.717, 1.165) is 19.3 Å². The second-order valence-electron chi connectivity index (χ2n) is 4.35. The van der Waals surface area contributed by atoms with Gasteiger partial charge < -0.3 is 9.32 Å². The van der Waals surface area contributed by atoms with Crippen molar-refractivity contribution in [3.05, 3.63) is 30.0 Å². The van der Waals surface area contributed by atoms with E-state index in [2.05, 4.69) is 18.0 Å². The van der Waals surface area contributed by atoms with E-state index in [1.807, 2.05) is 11.0 Å². The molecule has 4 heteroatoms. The maximum atomic E-state index is 12.3. The number of oxazole rings is 1. The zero-order valence-corrected chi connectivity index (χ0v) is 10.3. The molecule has 0 saturated carbocycles. The highest BCUT2D eigenvalue weighted by atomic mass is 16.3. The van der Waals surface area contributed by atoms with Crippen LogP contribution in [0.1, 0.15) is 42.4 Å². The molecular weight excluding hydrogens is 216 g/mol. The lowest BCUT2D eigenvalue weighted by molar-refractivity contribution is 0.0736. The maximum absolute atomic E-state index is 12.3. The third kappa shape index (κ3) is 2.40. The van der Waals surface area contributed by atoms with Gasteiger partial charge in [-0.15, -0.1) is 0 Å². The number of hydrogen-bond donors (Lipinski definition) is 0. The fourth-order valence-corrected chi connectivity index (χ4v) is 2.12. The average Bonchev–Trinajstić information content (AvgIpc) is 2.94. The normalized spacial score (nSPS) is 18.9. The Labute approximate surface area is 101 Å². The van der Waals surface area contributed by atoms with Crippen molar-refractivity contribution in [3.63, 3.8) is 0 Å². The fourth-order valence-electron chi connectivity index (χ4n) is 2.12. The predicted molar refractivity (Wildman–Crippen MR) is 64.7 cm³/mol. The number of nitrogens with zero attached hydrogens (tertiary/aromatic N) is 2. The number of carbonyl (C=O) groups excluding carboxylic acids is 1. The Hall–Kier alpha value is -1.58. The van der Waals surface area contributed by atoms with Crippen molar-refractivity contribution in [1.82, 2.24) is 9.88 Å². The van der Waals surface area contributed by atoms with Gasteiger partial charge in [0.05, 0.1) is 6.04 Å². The van der Waals surface area contributed by atoms with Gasteiger partial charge in [0.15, 0.2) is 12.1 Å². The predicted octanol–water partition coefficient (Wildman–Crippen LogP) is 2.55. The first-order chi connectivity index (χ1) is 8.24. The summed E-state index contributed by atoms with van der Waals surface area (Å²) >= 11 is 0. The maximum Gasteiger partial charge on any atom is 0.276 e. The molecule has 1 aliphatic rings. The fraction of sp³-hybridized carbons (Fsp3) is 0.538. The molecule has 0 bridgehead atoms. The van der Waals surface area contributed by atoms with Gasteiger partial charge in [0.2, 0.25) is 0 Å². The second kappa shape index (κ2) is 5.17. The lowest BCUT2D eigenvalue weighted by Gasteiger charge is -2.23. The average molecular weight is 234 g/mol. The van der Waals surface area contributed by atoms with Crippen LogP contribution < -0.4 is 0 Å². The van der Waals surface area contributed by atoms with Gasteiger partial charge in [0, 0.05) is 6.54 Å². The van der Waals surface area contributed by atoms with Gasteiger partial charge >= 0.3 is 0 Å². The van der Waals surface area contributed by atoms with Crippen LogP contribution in [-0.4, -0.2) is 28.4 Å². The van der Waals surface area contributed by atoms with E-state index in [1.165, 1.54) is 6.39 Å². The molecule has 0 fully saturated rings. The number of amides is 1. The van der Waals surface area contributed by atoms with Gasteiger partial charge in [-0.3, -0.25) is 4.79 Å². The lowest BCUT2D eigenvalue weighted by atomic mass is 10.1. The summed E-state index contributed by atoms with van der Waals surface area (Å²) in [6.45, 7) is 4.61. The Bertz CT molecular complexity index is 423. The topological polar surface area (TPSA) is 46.3 Å². The van der Waals surface area contributed by atoms with Crippen molar-refractivity contribution >= 4 is 5.91 Å². The third-order valence-electron chi connectivity index (χ3n) is 3.12. The van der Waals surface area contributed by atoms with E-state index in [-0.39, 0.29) is 11.9 Å². The quantitative estimate of drug-likeness (QED) is 0.752. The smallest absolute Gasteiger partial charge is 0.276 e. The van der Waals surface area contributed by atoms with Gasteiger partial charge in [-0.25, -0.2) is 4.98 Å². The van der Waals surface area contributed by atoms with Crippen molar-refractivity contribution in [2.75, 3.05) is 6.54 Å². The number of rotatable bonds is 4. The Kier molecular flexibility index (Phi) is 3.61. The van der Waals surface area contributed by atoms with Gasteiger partial charge in [-0.05, 0) is 13.3 Å². The number of carbonyl (C=O) groups is 1. The van der Waals surface area contributed by atoms with E-state index in [0.29, 0.717) is 18.0 Å². The van der Waals surface area contributed by atoms with Gasteiger partial charge in [0.25, 0.3) is 5.91 Å². The Morgan fingerprint density at radius 3 is 3.12 bits per heavy atom. The van der Waals surface area contributed by atoms with Gasteiger partial charge in [-0.1, -0.05) is 31.9 Å². The van der Waals surface area contributed by atoms with Crippen LogP contribution in [0.2, 0.25) is 0 Å². The van der Waals surface area contributed by atoms with Crippen LogP contribution >= 0.6 is 0 Å². The second-order valence-corrected chi connectivity index (χ2v) is 4.35. The van der Waals surface area contributed by atoms with Crippen LogP contribution in [-0.2, 0) is 0 Å². The summed E-state index contributed by atoms with van der Waals surface area (Å²) in [4.78, 5) is 18.1. The van der Waals surface area contributed by atoms with Crippen molar-refractivity contribution in [3.8, 4) is 0 Å². The van der Waals surface area contributed by atoms with Gasteiger partial charge in [0.1, 0.15) is 5.76 Å². The van der Waals surface area contributed by atoms with E-state index in [1.54, 1.807) is 6.92 Å². The first-order valence-electron chi connectivity index (χ1n) is 6.11. The molecule has 1 aromatic rings. The Balaban J connectivity index is 2.07. The lowest BCUT2D eigenvalue weighted by Crippen LogP contribution is -2.36. The zero-order valence-electron chi connectivity index (χ0n) is 10.3.